The van der Waals surface area contributed by atoms with Crippen molar-refractivity contribution in [3.05, 3.63) is 0 Å². The van der Waals surface area contributed by atoms with E-state index in [1.165, 1.54) is 4.31 Å². The molecule has 0 aromatic carbocycles. The Morgan fingerprint density at radius 2 is 1.90 bits per heavy atom. The van der Waals surface area contributed by atoms with Crippen molar-refractivity contribution in [3.63, 3.8) is 0 Å². The Morgan fingerprint density at radius 1 is 1.30 bits per heavy atom. The second-order valence-corrected chi connectivity index (χ2v) is 7.26. The monoisotopic (exact) mass is 306 g/mol. The Bertz CT molecular complexity index is 420. The molecule has 1 N–H and O–H groups in total. The summed E-state index contributed by atoms with van der Waals surface area (Å²) in [6.07, 6.45) is 1.19. The van der Waals surface area contributed by atoms with Crippen LogP contribution in [0.5, 0.6) is 0 Å². The van der Waals surface area contributed by atoms with Gasteiger partial charge in [-0.05, 0) is 20.3 Å². The first-order valence-corrected chi connectivity index (χ1v) is 8.81. The molecule has 1 rings (SSSR count). The van der Waals surface area contributed by atoms with E-state index in [1.54, 1.807) is 13.8 Å². The molecule has 1 fully saturated rings. The zero-order chi connectivity index (χ0) is 15.3. The molecule has 118 valence electrons. The molecule has 6 nitrogen and oxygen atoms in total. The van der Waals surface area contributed by atoms with Gasteiger partial charge in [0.1, 0.15) is 5.75 Å². The van der Waals surface area contributed by atoms with Crippen molar-refractivity contribution in [1.82, 2.24) is 9.62 Å². The van der Waals surface area contributed by atoms with Crippen LogP contribution in [0.2, 0.25) is 0 Å². The third-order valence-corrected chi connectivity index (χ3v) is 5.65. The van der Waals surface area contributed by atoms with Gasteiger partial charge in [-0.2, -0.15) is 0 Å². The quantitative estimate of drug-likeness (QED) is 0.747. The number of sulfonamides is 1. The van der Waals surface area contributed by atoms with Gasteiger partial charge < -0.3 is 10.1 Å². The number of carbonyl (C=O) groups is 1. The van der Waals surface area contributed by atoms with Gasteiger partial charge >= 0.3 is 0 Å². The molecule has 1 aliphatic heterocycles. The van der Waals surface area contributed by atoms with Crippen LogP contribution in [0.3, 0.4) is 0 Å². The predicted molar refractivity (Wildman–Crippen MR) is 77.8 cm³/mol. The van der Waals surface area contributed by atoms with Gasteiger partial charge in [-0.3, -0.25) is 4.79 Å². The standard InChI is InChI=1S/C13H26N2O4S/c1-5-15(6-2)20(17,18)9-13(16)14-8-12-7-10(3)19-11(12)4/h10-12H,5-9H2,1-4H3,(H,14,16). The maximum atomic E-state index is 12.0. The van der Waals surface area contributed by atoms with Crippen molar-refractivity contribution in [1.29, 1.82) is 0 Å². The molecule has 0 radical (unpaired) electrons. The molecule has 7 heteroatoms. The van der Waals surface area contributed by atoms with E-state index in [-0.39, 0.29) is 18.1 Å². The smallest absolute Gasteiger partial charge is 0.236 e. The summed E-state index contributed by atoms with van der Waals surface area (Å²) in [7, 11) is -3.50. The van der Waals surface area contributed by atoms with E-state index < -0.39 is 21.7 Å². The van der Waals surface area contributed by atoms with E-state index in [1.807, 2.05) is 13.8 Å². The third kappa shape index (κ3) is 4.71. The Kier molecular flexibility index (Phi) is 6.42. The number of hydrogen-bond acceptors (Lipinski definition) is 4. The Balaban J connectivity index is 2.44. The van der Waals surface area contributed by atoms with Crippen molar-refractivity contribution < 1.29 is 17.9 Å². The van der Waals surface area contributed by atoms with Crippen LogP contribution in [-0.4, -0.2) is 56.2 Å². The fourth-order valence-electron chi connectivity index (χ4n) is 2.57. The van der Waals surface area contributed by atoms with E-state index in [9.17, 15) is 13.2 Å². The third-order valence-electron chi connectivity index (χ3n) is 3.72. The Hall–Kier alpha value is -0.660. The summed E-state index contributed by atoms with van der Waals surface area (Å²) in [5, 5.41) is 2.71. The fraction of sp³-hybridized carbons (Fsp3) is 0.923. The molecule has 3 atom stereocenters. The Morgan fingerprint density at radius 3 is 2.35 bits per heavy atom. The van der Waals surface area contributed by atoms with Gasteiger partial charge in [0.2, 0.25) is 15.9 Å². The van der Waals surface area contributed by atoms with Crippen LogP contribution in [0, 0.1) is 5.92 Å². The lowest BCUT2D eigenvalue weighted by Crippen LogP contribution is -2.41. The molecule has 1 saturated heterocycles. The van der Waals surface area contributed by atoms with Crippen LogP contribution in [0.1, 0.15) is 34.1 Å². The molecule has 0 spiro atoms. The minimum absolute atomic E-state index is 0.102. The normalized spacial score (nSPS) is 26.9. The van der Waals surface area contributed by atoms with Crippen molar-refractivity contribution in [2.45, 2.75) is 46.3 Å². The van der Waals surface area contributed by atoms with E-state index >= 15 is 0 Å². The molecular weight excluding hydrogens is 280 g/mol. The fourth-order valence-corrected chi connectivity index (χ4v) is 3.97. The maximum Gasteiger partial charge on any atom is 0.236 e. The molecule has 3 unspecified atom stereocenters. The first-order chi connectivity index (χ1) is 9.30. The number of amides is 1. The summed E-state index contributed by atoms with van der Waals surface area (Å²) in [6, 6.07) is 0. The van der Waals surface area contributed by atoms with Crippen molar-refractivity contribution in [3.8, 4) is 0 Å². The average Bonchev–Trinajstić information content (AvgIpc) is 2.65. The summed E-state index contributed by atoms with van der Waals surface area (Å²) < 4.78 is 30.8. The molecule has 0 aromatic rings. The summed E-state index contributed by atoms with van der Waals surface area (Å²) >= 11 is 0. The van der Waals surface area contributed by atoms with E-state index in [2.05, 4.69) is 5.32 Å². The van der Waals surface area contributed by atoms with Gasteiger partial charge in [0.15, 0.2) is 0 Å². The van der Waals surface area contributed by atoms with Gasteiger partial charge in [-0.15, -0.1) is 0 Å². The van der Waals surface area contributed by atoms with Crippen LogP contribution in [0.4, 0.5) is 0 Å². The largest absolute Gasteiger partial charge is 0.375 e. The topological polar surface area (TPSA) is 75.7 Å². The molecule has 0 aliphatic carbocycles. The second-order valence-electron chi connectivity index (χ2n) is 5.29. The number of carbonyl (C=O) groups excluding carboxylic acids is 1. The van der Waals surface area contributed by atoms with Crippen LogP contribution >= 0.6 is 0 Å². The van der Waals surface area contributed by atoms with E-state index in [0.29, 0.717) is 19.6 Å². The number of nitrogens with zero attached hydrogens (tertiary/aromatic N) is 1. The van der Waals surface area contributed by atoms with E-state index in [0.717, 1.165) is 6.42 Å². The van der Waals surface area contributed by atoms with Crippen LogP contribution < -0.4 is 5.32 Å². The highest BCUT2D eigenvalue weighted by atomic mass is 32.2. The van der Waals surface area contributed by atoms with Crippen molar-refractivity contribution >= 4 is 15.9 Å². The molecule has 1 heterocycles. The molecular formula is C13H26N2O4S. The minimum atomic E-state index is -3.50. The summed E-state index contributed by atoms with van der Waals surface area (Å²) in [5.74, 6) is -0.666. The maximum absolute atomic E-state index is 12.0. The second kappa shape index (κ2) is 7.38. The molecule has 0 saturated carbocycles. The number of ether oxygens (including phenoxy) is 1. The zero-order valence-electron chi connectivity index (χ0n) is 12.8. The molecule has 1 amide bonds. The highest BCUT2D eigenvalue weighted by molar-refractivity contribution is 7.89. The van der Waals surface area contributed by atoms with Crippen molar-refractivity contribution in [2.75, 3.05) is 25.4 Å². The highest BCUT2D eigenvalue weighted by Crippen LogP contribution is 2.25. The SMILES string of the molecule is CCN(CC)S(=O)(=O)CC(=O)NCC1CC(C)OC1C. The summed E-state index contributed by atoms with van der Waals surface area (Å²) in [5.41, 5.74) is 0. The lowest BCUT2D eigenvalue weighted by molar-refractivity contribution is -0.118. The van der Waals surface area contributed by atoms with E-state index in [4.69, 9.17) is 4.74 Å². The average molecular weight is 306 g/mol. The van der Waals surface area contributed by atoms with Gasteiger partial charge in [-0.25, -0.2) is 12.7 Å². The lowest BCUT2D eigenvalue weighted by Gasteiger charge is -2.19. The summed E-state index contributed by atoms with van der Waals surface area (Å²) in [4.78, 5) is 11.8. The molecule has 0 bridgehead atoms. The number of rotatable bonds is 7. The van der Waals surface area contributed by atoms with Gasteiger partial charge in [-0.1, -0.05) is 13.8 Å². The van der Waals surface area contributed by atoms with Crippen molar-refractivity contribution in [2.24, 2.45) is 5.92 Å². The molecule has 0 aromatic heterocycles. The zero-order valence-corrected chi connectivity index (χ0v) is 13.6. The van der Waals surface area contributed by atoms with Crippen LogP contribution in [-0.2, 0) is 19.6 Å². The number of nitrogens with one attached hydrogen (secondary N) is 1. The predicted octanol–water partition coefficient (Wildman–Crippen LogP) is 0.588. The van der Waals surface area contributed by atoms with Gasteiger partial charge in [0.25, 0.3) is 0 Å². The first kappa shape index (κ1) is 17.4. The van der Waals surface area contributed by atoms with Crippen LogP contribution in [0.15, 0.2) is 0 Å². The molecule has 20 heavy (non-hydrogen) atoms. The highest BCUT2D eigenvalue weighted by Gasteiger charge is 2.30. The first-order valence-electron chi connectivity index (χ1n) is 7.20. The summed E-state index contributed by atoms with van der Waals surface area (Å²) in [6.45, 7) is 8.75. The Labute approximate surface area is 121 Å². The van der Waals surface area contributed by atoms with Gasteiger partial charge in [0.05, 0.1) is 12.2 Å². The lowest BCUT2D eigenvalue weighted by atomic mass is 10.0. The number of hydrogen-bond donors (Lipinski definition) is 1. The van der Waals surface area contributed by atoms with Gasteiger partial charge in [0, 0.05) is 25.6 Å². The molecule has 1 aliphatic rings. The minimum Gasteiger partial charge on any atom is -0.375 e. The van der Waals surface area contributed by atoms with Crippen LogP contribution in [0.25, 0.3) is 0 Å².